The summed E-state index contributed by atoms with van der Waals surface area (Å²) < 4.78 is 1.10. The Hall–Kier alpha value is -1.19. The van der Waals surface area contributed by atoms with Gasteiger partial charge in [0.2, 0.25) is 0 Å². The van der Waals surface area contributed by atoms with E-state index in [2.05, 4.69) is 4.98 Å². The Kier molecular flexibility index (Phi) is 1.67. The van der Waals surface area contributed by atoms with E-state index in [1.54, 1.807) is 6.07 Å². The number of rotatable bonds is 1. The molecule has 0 amide bonds. The third-order valence-corrected chi connectivity index (χ3v) is 3.51. The molecule has 0 bridgehead atoms. The number of nitrogens with zero attached hydrogens (tertiary/aromatic N) is 2. The van der Waals surface area contributed by atoms with E-state index in [1.165, 1.54) is 0 Å². The summed E-state index contributed by atoms with van der Waals surface area (Å²) in [6.45, 7) is 0. The zero-order valence-corrected chi connectivity index (χ0v) is 7.64. The second kappa shape index (κ2) is 2.69. The van der Waals surface area contributed by atoms with E-state index in [1.807, 2.05) is 18.2 Å². The Bertz CT molecular complexity index is 405. The van der Waals surface area contributed by atoms with Crippen LogP contribution in [-0.4, -0.2) is 24.4 Å². The van der Waals surface area contributed by atoms with Gasteiger partial charge in [-0.1, -0.05) is 0 Å². The van der Waals surface area contributed by atoms with E-state index in [0.717, 1.165) is 9.78 Å². The van der Waals surface area contributed by atoms with Crippen LogP contribution in [0.2, 0.25) is 0 Å². The first-order valence-electron chi connectivity index (χ1n) is 3.27. The van der Waals surface area contributed by atoms with Crippen molar-refractivity contribution in [2.24, 2.45) is 0 Å². The van der Waals surface area contributed by atoms with E-state index in [0.29, 0.717) is 0 Å². The Labute approximate surface area is 73.7 Å². The first-order chi connectivity index (χ1) is 5.77. The second-order valence-electron chi connectivity index (χ2n) is 2.22. The van der Waals surface area contributed by atoms with Gasteiger partial charge in [0.05, 0.1) is 0 Å². The van der Waals surface area contributed by atoms with Crippen LogP contribution in [0.15, 0.2) is 24.3 Å². The fourth-order valence-electron chi connectivity index (χ4n) is 0.938. The predicted molar refractivity (Wildman–Crippen MR) is 45.3 cm³/mol. The topological polar surface area (TPSA) is 56.0 Å². The Balaban J connectivity index is 2.70. The van der Waals surface area contributed by atoms with Crippen molar-refractivity contribution in [1.82, 2.24) is 4.98 Å². The van der Waals surface area contributed by atoms with Crippen LogP contribution in [0, 0.1) is 10.1 Å². The maximum absolute atomic E-state index is 10.4. The molecule has 0 fully saturated rings. The third kappa shape index (κ3) is 1.13. The number of nitro groups is 1. The van der Waals surface area contributed by atoms with E-state index in [9.17, 15) is 10.1 Å². The number of hydrogen-bond donors (Lipinski definition) is 0. The molecule has 0 saturated heterocycles. The van der Waals surface area contributed by atoms with Crippen molar-refractivity contribution in [2.45, 2.75) is 0 Å². The molecule has 12 heavy (non-hydrogen) atoms. The molecule has 2 rings (SSSR count). The van der Waals surface area contributed by atoms with Crippen LogP contribution < -0.4 is 0 Å². The molecule has 60 valence electrons. The normalized spacial score (nSPS) is 10.3. The number of aromatic nitrogens is 1. The van der Waals surface area contributed by atoms with E-state index < -0.39 is 4.92 Å². The van der Waals surface area contributed by atoms with Gasteiger partial charge >= 0.3 is 73.3 Å². The minimum atomic E-state index is -0.403. The van der Waals surface area contributed by atoms with Crippen molar-refractivity contribution in [3.8, 4) is 0 Å². The second-order valence-corrected chi connectivity index (χ2v) is 4.34. The van der Waals surface area contributed by atoms with Gasteiger partial charge in [-0.25, -0.2) is 0 Å². The van der Waals surface area contributed by atoms with Crippen molar-refractivity contribution in [3.05, 3.63) is 34.4 Å². The molecule has 0 radical (unpaired) electrons. The van der Waals surface area contributed by atoms with Gasteiger partial charge in [0.15, 0.2) is 0 Å². The van der Waals surface area contributed by atoms with Crippen LogP contribution in [0.3, 0.4) is 0 Å². The Morgan fingerprint density at radius 1 is 1.42 bits per heavy atom. The SMILES string of the molecule is O=[N+]([O-])c1nc2ccccc2[se]1. The summed E-state index contributed by atoms with van der Waals surface area (Å²) in [6.07, 6.45) is 0. The van der Waals surface area contributed by atoms with Gasteiger partial charge in [-0.3, -0.25) is 0 Å². The molecule has 0 unspecified atom stereocenters. The van der Waals surface area contributed by atoms with Crippen molar-refractivity contribution in [3.63, 3.8) is 0 Å². The van der Waals surface area contributed by atoms with Gasteiger partial charge in [0.25, 0.3) is 0 Å². The predicted octanol–water partition coefficient (Wildman–Crippen LogP) is 1.20. The minimum absolute atomic E-state index is 0.101. The van der Waals surface area contributed by atoms with Crippen molar-refractivity contribution >= 4 is 29.0 Å². The van der Waals surface area contributed by atoms with E-state index >= 15 is 0 Å². The van der Waals surface area contributed by atoms with Gasteiger partial charge in [0, 0.05) is 0 Å². The summed E-state index contributed by atoms with van der Waals surface area (Å²) in [5.74, 6) is 0. The van der Waals surface area contributed by atoms with Crippen molar-refractivity contribution in [1.29, 1.82) is 0 Å². The molecule has 1 heterocycles. The van der Waals surface area contributed by atoms with Crippen molar-refractivity contribution in [2.75, 3.05) is 0 Å². The van der Waals surface area contributed by atoms with Crippen LogP contribution in [0.25, 0.3) is 9.78 Å². The zero-order chi connectivity index (χ0) is 8.55. The van der Waals surface area contributed by atoms with Crippen LogP contribution in [0.5, 0.6) is 0 Å². The number of para-hydroxylation sites is 1. The molecule has 2 aromatic rings. The molecule has 0 saturated carbocycles. The molecule has 5 heteroatoms. The molecule has 1 aromatic carbocycles. The average Bonchev–Trinajstić information content (AvgIpc) is 2.46. The summed E-state index contributed by atoms with van der Waals surface area (Å²) in [4.78, 5) is 13.9. The number of hydrogen-bond acceptors (Lipinski definition) is 3. The van der Waals surface area contributed by atoms with Crippen LogP contribution in [-0.2, 0) is 0 Å². The van der Waals surface area contributed by atoms with Crippen molar-refractivity contribution < 1.29 is 4.92 Å². The van der Waals surface area contributed by atoms with Gasteiger partial charge in [-0.05, 0) is 0 Å². The third-order valence-electron chi connectivity index (χ3n) is 1.44. The zero-order valence-electron chi connectivity index (χ0n) is 5.93. The molecule has 0 atom stereocenters. The summed E-state index contributed by atoms with van der Waals surface area (Å²) in [6, 6.07) is 7.39. The van der Waals surface area contributed by atoms with Gasteiger partial charge in [-0.15, -0.1) is 0 Å². The van der Waals surface area contributed by atoms with Gasteiger partial charge in [-0.2, -0.15) is 0 Å². The summed E-state index contributed by atoms with van der Waals surface area (Å²) >= 11 is -0.208. The number of benzene rings is 1. The van der Waals surface area contributed by atoms with Crippen LogP contribution in [0.4, 0.5) is 4.69 Å². The quantitative estimate of drug-likeness (QED) is 0.418. The molecule has 0 aliphatic heterocycles. The summed E-state index contributed by atoms with van der Waals surface area (Å²) in [5, 5.41) is 10.4. The number of fused-ring (bicyclic) bond motifs is 1. The fraction of sp³-hybridized carbons (Fsp3) is 0. The summed E-state index contributed by atoms with van der Waals surface area (Å²) in [7, 11) is 0. The first-order valence-corrected chi connectivity index (χ1v) is 4.98. The van der Waals surface area contributed by atoms with Gasteiger partial charge in [0.1, 0.15) is 0 Å². The van der Waals surface area contributed by atoms with Crippen LogP contribution in [0.1, 0.15) is 0 Å². The Morgan fingerprint density at radius 2 is 2.17 bits per heavy atom. The molecule has 1 aromatic heterocycles. The monoisotopic (exact) mass is 228 g/mol. The van der Waals surface area contributed by atoms with E-state index in [-0.39, 0.29) is 19.2 Å². The fourth-order valence-corrected chi connectivity index (χ4v) is 2.57. The van der Waals surface area contributed by atoms with Crippen LogP contribution >= 0.6 is 0 Å². The molecule has 0 N–H and O–H groups in total. The molecule has 0 spiro atoms. The molecule has 4 nitrogen and oxygen atoms in total. The summed E-state index contributed by atoms with van der Waals surface area (Å²) in [5.41, 5.74) is 0.754. The first kappa shape index (κ1) is 7.46. The van der Waals surface area contributed by atoms with Gasteiger partial charge < -0.3 is 0 Å². The maximum atomic E-state index is 10.4. The average molecular weight is 227 g/mol. The van der Waals surface area contributed by atoms with E-state index in [4.69, 9.17) is 0 Å². The molecule has 0 aliphatic carbocycles. The molecular formula is C7H4N2O2Se. The molecular weight excluding hydrogens is 223 g/mol. The standard InChI is InChI=1S/C7H4N2O2Se/c10-9(11)7-8-5-3-1-2-4-6(5)12-7/h1-4H. The molecule has 0 aliphatic rings. The Morgan fingerprint density at radius 3 is 2.83 bits per heavy atom.